The molecule has 2 aromatic rings. The maximum absolute atomic E-state index is 11.9. The number of rotatable bonds is 3. The Morgan fingerprint density at radius 3 is 2.52 bits per heavy atom. The Bertz CT molecular complexity index is 839. The second-order valence-electron chi connectivity index (χ2n) is 3.93. The lowest BCUT2D eigenvalue weighted by Crippen LogP contribution is -2.30. The highest BCUT2D eigenvalue weighted by atomic mass is 35.5. The standard InChI is InChI=1S/C12H8ClN3O5/c13-5-1-2-8(6(3-5)11(19)20)15-9(17)7-4-14-12(21)16-10(7)18/h1-4H,(H,15,17)(H,19,20)(H2,14,16,18,21). The number of halogens is 1. The topological polar surface area (TPSA) is 132 Å². The minimum atomic E-state index is -1.29. The predicted molar refractivity (Wildman–Crippen MR) is 74.0 cm³/mol. The van der Waals surface area contributed by atoms with E-state index >= 15 is 0 Å². The maximum Gasteiger partial charge on any atom is 0.337 e. The van der Waals surface area contributed by atoms with E-state index in [2.05, 4.69) is 10.3 Å². The van der Waals surface area contributed by atoms with Crippen molar-refractivity contribution in [2.24, 2.45) is 0 Å². The van der Waals surface area contributed by atoms with E-state index in [-0.39, 0.29) is 21.8 Å². The number of carboxylic acid groups (broad SMARTS) is 1. The number of hydrogen-bond acceptors (Lipinski definition) is 4. The SMILES string of the molecule is O=C(O)c1cc(Cl)ccc1NC(=O)c1c[nH]c(=O)[nH]c1=O. The third-order valence-corrected chi connectivity index (χ3v) is 2.76. The normalized spacial score (nSPS) is 10.1. The van der Waals surface area contributed by atoms with Gasteiger partial charge in [-0.15, -0.1) is 0 Å². The molecule has 1 heterocycles. The molecule has 0 spiro atoms. The van der Waals surface area contributed by atoms with Gasteiger partial charge in [-0.05, 0) is 18.2 Å². The zero-order valence-electron chi connectivity index (χ0n) is 10.3. The smallest absolute Gasteiger partial charge is 0.337 e. The Labute approximate surface area is 121 Å². The molecule has 1 aromatic carbocycles. The van der Waals surface area contributed by atoms with Crippen LogP contribution >= 0.6 is 11.6 Å². The lowest BCUT2D eigenvalue weighted by molar-refractivity contribution is 0.0698. The molecule has 108 valence electrons. The van der Waals surface area contributed by atoms with Crippen molar-refractivity contribution in [1.29, 1.82) is 0 Å². The van der Waals surface area contributed by atoms with E-state index in [1.807, 2.05) is 4.98 Å². The monoisotopic (exact) mass is 309 g/mol. The van der Waals surface area contributed by atoms with Crippen molar-refractivity contribution >= 4 is 29.2 Å². The van der Waals surface area contributed by atoms with Crippen LogP contribution < -0.4 is 16.6 Å². The van der Waals surface area contributed by atoms with Crippen LogP contribution in [0.4, 0.5) is 5.69 Å². The molecular weight excluding hydrogens is 302 g/mol. The third-order valence-electron chi connectivity index (χ3n) is 2.52. The van der Waals surface area contributed by atoms with Gasteiger partial charge in [-0.1, -0.05) is 11.6 Å². The number of benzene rings is 1. The van der Waals surface area contributed by atoms with Gasteiger partial charge in [0.1, 0.15) is 5.56 Å². The van der Waals surface area contributed by atoms with Gasteiger partial charge in [0.15, 0.2) is 0 Å². The van der Waals surface area contributed by atoms with Gasteiger partial charge in [-0.3, -0.25) is 14.6 Å². The Hall–Kier alpha value is -2.87. The molecule has 2 rings (SSSR count). The van der Waals surface area contributed by atoms with Crippen LogP contribution in [-0.4, -0.2) is 27.0 Å². The number of aromatic nitrogens is 2. The molecule has 4 N–H and O–H groups in total. The van der Waals surface area contributed by atoms with Crippen molar-refractivity contribution in [3.05, 3.63) is 61.4 Å². The van der Waals surface area contributed by atoms with E-state index in [0.717, 1.165) is 12.3 Å². The van der Waals surface area contributed by atoms with E-state index in [0.29, 0.717) is 0 Å². The van der Waals surface area contributed by atoms with Gasteiger partial charge >= 0.3 is 11.7 Å². The average molecular weight is 310 g/mol. The highest BCUT2D eigenvalue weighted by molar-refractivity contribution is 6.31. The highest BCUT2D eigenvalue weighted by Crippen LogP contribution is 2.21. The van der Waals surface area contributed by atoms with E-state index in [4.69, 9.17) is 16.7 Å². The molecule has 1 aromatic heterocycles. The first kappa shape index (κ1) is 14.5. The third kappa shape index (κ3) is 3.18. The van der Waals surface area contributed by atoms with Crippen LogP contribution in [0.15, 0.2) is 34.0 Å². The summed E-state index contributed by atoms with van der Waals surface area (Å²) < 4.78 is 0. The average Bonchev–Trinajstić information content (AvgIpc) is 2.40. The van der Waals surface area contributed by atoms with Crippen LogP contribution in [-0.2, 0) is 0 Å². The highest BCUT2D eigenvalue weighted by Gasteiger charge is 2.16. The quantitative estimate of drug-likeness (QED) is 0.661. The predicted octanol–water partition coefficient (Wildman–Crippen LogP) is 0.667. The minimum Gasteiger partial charge on any atom is -0.478 e. The molecule has 0 aliphatic heterocycles. The van der Waals surface area contributed by atoms with Crippen LogP contribution in [0.2, 0.25) is 5.02 Å². The number of hydrogen-bond donors (Lipinski definition) is 4. The van der Waals surface area contributed by atoms with E-state index in [1.165, 1.54) is 12.1 Å². The zero-order valence-corrected chi connectivity index (χ0v) is 11.0. The summed E-state index contributed by atoms with van der Waals surface area (Å²) in [4.78, 5) is 49.4. The molecule has 0 aliphatic carbocycles. The second kappa shape index (κ2) is 5.63. The molecule has 21 heavy (non-hydrogen) atoms. The molecule has 0 atom stereocenters. The molecule has 0 radical (unpaired) electrons. The van der Waals surface area contributed by atoms with Gasteiger partial charge < -0.3 is 15.4 Å². The molecular formula is C12H8ClN3O5. The lowest BCUT2D eigenvalue weighted by Gasteiger charge is -2.08. The number of carbonyl (C=O) groups excluding carboxylic acids is 1. The van der Waals surface area contributed by atoms with E-state index in [9.17, 15) is 19.2 Å². The molecule has 0 saturated heterocycles. The fraction of sp³-hybridized carbons (Fsp3) is 0. The summed E-state index contributed by atoms with van der Waals surface area (Å²) >= 11 is 5.69. The number of aromatic carboxylic acids is 1. The number of carboxylic acids is 1. The Balaban J connectivity index is 2.38. The molecule has 1 amide bonds. The first-order valence-corrected chi connectivity index (χ1v) is 5.92. The van der Waals surface area contributed by atoms with Gasteiger partial charge in [0.2, 0.25) is 0 Å². The largest absolute Gasteiger partial charge is 0.478 e. The fourth-order valence-corrected chi connectivity index (χ4v) is 1.74. The number of aromatic amines is 2. The summed E-state index contributed by atoms with van der Waals surface area (Å²) in [6.45, 7) is 0. The number of nitrogens with one attached hydrogen (secondary N) is 3. The van der Waals surface area contributed by atoms with Crippen molar-refractivity contribution in [3.8, 4) is 0 Å². The molecule has 8 nitrogen and oxygen atoms in total. The number of anilines is 1. The van der Waals surface area contributed by atoms with Crippen molar-refractivity contribution in [2.75, 3.05) is 5.32 Å². The van der Waals surface area contributed by atoms with Gasteiger partial charge in [0.05, 0.1) is 11.3 Å². The summed E-state index contributed by atoms with van der Waals surface area (Å²) in [5.74, 6) is -2.15. The van der Waals surface area contributed by atoms with Crippen molar-refractivity contribution in [1.82, 2.24) is 9.97 Å². The maximum atomic E-state index is 11.9. The van der Waals surface area contributed by atoms with Crippen LogP contribution in [0, 0.1) is 0 Å². The molecule has 0 bridgehead atoms. The van der Waals surface area contributed by atoms with Crippen molar-refractivity contribution in [2.45, 2.75) is 0 Å². The van der Waals surface area contributed by atoms with E-state index in [1.54, 1.807) is 0 Å². The Morgan fingerprint density at radius 1 is 1.19 bits per heavy atom. The zero-order chi connectivity index (χ0) is 15.6. The molecule has 0 unspecified atom stereocenters. The number of amides is 1. The van der Waals surface area contributed by atoms with Gasteiger partial charge in [0.25, 0.3) is 11.5 Å². The molecule has 0 saturated carbocycles. The summed E-state index contributed by atoms with van der Waals surface area (Å²) in [6.07, 6.45) is 0.937. The molecule has 9 heteroatoms. The van der Waals surface area contributed by atoms with Crippen LogP contribution in [0.3, 0.4) is 0 Å². The van der Waals surface area contributed by atoms with Gasteiger partial charge in [0, 0.05) is 11.2 Å². The second-order valence-corrected chi connectivity index (χ2v) is 4.37. The van der Waals surface area contributed by atoms with Crippen LogP contribution in [0.5, 0.6) is 0 Å². The fourth-order valence-electron chi connectivity index (χ4n) is 1.57. The first-order chi connectivity index (χ1) is 9.88. The van der Waals surface area contributed by atoms with Crippen molar-refractivity contribution in [3.63, 3.8) is 0 Å². The molecule has 0 aliphatic rings. The number of H-pyrrole nitrogens is 2. The van der Waals surface area contributed by atoms with E-state index < -0.39 is 23.1 Å². The summed E-state index contributed by atoms with van der Waals surface area (Å²) in [7, 11) is 0. The van der Waals surface area contributed by atoms with Gasteiger partial charge in [-0.2, -0.15) is 0 Å². The minimum absolute atomic E-state index is 0.0255. The Kier molecular flexibility index (Phi) is 3.90. The van der Waals surface area contributed by atoms with Gasteiger partial charge in [-0.25, -0.2) is 9.59 Å². The molecule has 0 fully saturated rings. The van der Waals surface area contributed by atoms with Crippen LogP contribution in [0.1, 0.15) is 20.7 Å². The van der Waals surface area contributed by atoms with Crippen molar-refractivity contribution < 1.29 is 14.7 Å². The number of carbonyl (C=O) groups is 2. The summed E-state index contributed by atoms with van der Waals surface area (Å²) in [5, 5.41) is 11.5. The summed E-state index contributed by atoms with van der Waals surface area (Å²) in [5.41, 5.74) is -2.25. The first-order valence-electron chi connectivity index (χ1n) is 5.54. The summed E-state index contributed by atoms with van der Waals surface area (Å²) in [6, 6.07) is 3.85. The lowest BCUT2D eigenvalue weighted by atomic mass is 10.1. The Morgan fingerprint density at radius 2 is 1.90 bits per heavy atom. The van der Waals surface area contributed by atoms with Crippen LogP contribution in [0.25, 0.3) is 0 Å².